The third-order valence-corrected chi connectivity index (χ3v) is 5.94. The fraction of sp³-hybridized carbons (Fsp3) is 0.476. The number of piperazine rings is 1. The number of carbonyl (C=O) groups excluding carboxylic acids is 3. The summed E-state index contributed by atoms with van der Waals surface area (Å²) in [6.07, 6.45) is 5.10. The van der Waals surface area contributed by atoms with Gasteiger partial charge in [0, 0.05) is 37.9 Å². The maximum atomic E-state index is 12.7. The lowest BCUT2D eigenvalue weighted by atomic mass is 9.85. The van der Waals surface area contributed by atoms with Crippen molar-refractivity contribution in [2.75, 3.05) is 44.7 Å². The maximum absolute atomic E-state index is 12.7. The Balaban J connectivity index is 1.34. The molecule has 0 aromatic heterocycles. The normalized spacial score (nSPS) is 24.5. The van der Waals surface area contributed by atoms with E-state index in [0.29, 0.717) is 39.0 Å². The smallest absolute Gasteiger partial charge is 0.242 e. The molecule has 0 N–H and O–H groups in total. The number of carbonyl (C=O) groups is 3. The number of ether oxygens (including phenoxy) is 1. The van der Waals surface area contributed by atoms with E-state index in [1.54, 1.807) is 12.0 Å². The number of anilines is 1. The van der Waals surface area contributed by atoms with E-state index in [2.05, 4.69) is 4.90 Å². The number of benzene rings is 1. The first-order valence-electron chi connectivity index (χ1n) is 9.75. The lowest BCUT2D eigenvalue weighted by Gasteiger charge is -2.36. The Morgan fingerprint density at radius 3 is 2.29 bits per heavy atom. The Morgan fingerprint density at radius 2 is 1.68 bits per heavy atom. The molecule has 2 fully saturated rings. The molecule has 7 nitrogen and oxygen atoms in total. The quantitative estimate of drug-likeness (QED) is 0.579. The molecule has 4 rings (SSSR count). The molecule has 28 heavy (non-hydrogen) atoms. The largest absolute Gasteiger partial charge is 0.497 e. The number of fused-ring (bicyclic) bond motifs is 1. The van der Waals surface area contributed by atoms with Crippen LogP contribution >= 0.6 is 0 Å². The van der Waals surface area contributed by atoms with Gasteiger partial charge in [0.25, 0.3) is 0 Å². The van der Waals surface area contributed by atoms with Crippen LogP contribution in [0.15, 0.2) is 36.4 Å². The van der Waals surface area contributed by atoms with Crippen molar-refractivity contribution in [2.45, 2.75) is 12.8 Å². The number of rotatable bonds is 4. The number of allylic oxidation sites excluding steroid dienone is 2. The van der Waals surface area contributed by atoms with E-state index >= 15 is 0 Å². The average Bonchev–Trinajstić information content (AvgIpc) is 2.99. The van der Waals surface area contributed by atoms with Gasteiger partial charge in [-0.3, -0.25) is 19.3 Å². The highest BCUT2D eigenvalue weighted by Gasteiger charge is 2.47. The van der Waals surface area contributed by atoms with Crippen LogP contribution in [0, 0.1) is 11.8 Å². The van der Waals surface area contributed by atoms with Crippen LogP contribution in [0.3, 0.4) is 0 Å². The number of likely N-dealkylation sites (tertiary alicyclic amines) is 1. The maximum Gasteiger partial charge on any atom is 0.242 e. The summed E-state index contributed by atoms with van der Waals surface area (Å²) < 4.78 is 5.27. The summed E-state index contributed by atoms with van der Waals surface area (Å²) in [5.74, 6) is -0.299. The number of hydrogen-bond donors (Lipinski definition) is 0. The van der Waals surface area contributed by atoms with Crippen LogP contribution in [0.4, 0.5) is 5.69 Å². The fourth-order valence-corrected chi connectivity index (χ4v) is 4.28. The molecule has 7 heteroatoms. The van der Waals surface area contributed by atoms with Crippen molar-refractivity contribution < 1.29 is 19.1 Å². The van der Waals surface area contributed by atoms with E-state index in [-0.39, 0.29) is 36.1 Å². The molecule has 0 bridgehead atoms. The zero-order valence-electron chi connectivity index (χ0n) is 16.0. The van der Waals surface area contributed by atoms with Gasteiger partial charge in [0.05, 0.1) is 18.9 Å². The molecule has 2 aliphatic heterocycles. The molecule has 0 unspecified atom stereocenters. The van der Waals surface area contributed by atoms with Crippen LogP contribution in [-0.2, 0) is 14.4 Å². The van der Waals surface area contributed by atoms with Gasteiger partial charge < -0.3 is 14.5 Å². The third-order valence-electron chi connectivity index (χ3n) is 5.94. The zero-order chi connectivity index (χ0) is 19.7. The lowest BCUT2D eigenvalue weighted by molar-refractivity contribution is -0.146. The Labute approximate surface area is 164 Å². The minimum atomic E-state index is -0.282. The molecule has 2 heterocycles. The van der Waals surface area contributed by atoms with Gasteiger partial charge in [-0.2, -0.15) is 0 Å². The highest BCUT2D eigenvalue weighted by molar-refractivity contribution is 6.07. The first-order valence-corrected chi connectivity index (χ1v) is 9.75. The Kier molecular flexibility index (Phi) is 5.07. The summed E-state index contributed by atoms with van der Waals surface area (Å²) >= 11 is 0. The van der Waals surface area contributed by atoms with Gasteiger partial charge in [-0.1, -0.05) is 18.2 Å². The van der Waals surface area contributed by atoms with E-state index in [1.807, 2.05) is 36.4 Å². The van der Waals surface area contributed by atoms with Crippen molar-refractivity contribution >= 4 is 23.4 Å². The van der Waals surface area contributed by atoms with Gasteiger partial charge in [-0.15, -0.1) is 0 Å². The second-order valence-electron chi connectivity index (χ2n) is 7.49. The highest BCUT2D eigenvalue weighted by atomic mass is 16.5. The predicted octanol–water partition coefficient (Wildman–Crippen LogP) is 1.29. The van der Waals surface area contributed by atoms with Gasteiger partial charge in [0.1, 0.15) is 12.3 Å². The molecule has 2 saturated heterocycles. The second-order valence-corrected chi connectivity index (χ2v) is 7.49. The van der Waals surface area contributed by atoms with Crippen LogP contribution in [0.2, 0.25) is 0 Å². The fourth-order valence-electron chi connectivity index (χ4n) is 4.28. The first-order chi connectivity index (χ1) is 13.6. The molecule has 3 amide bonds. The molecule has 1 aromatic carbocycles. The van der Waals surface area contributed by atoms with Crippen LogP contribution in [0.25, 0.3) is 0 Å². The molecular formula is C21H25N3O4. The minimum Gasteiger partial charge on any atom is -0.497 e. The summed E-state index contributed by atoms with van der Waals surface area (Å²) in [6, 6.07) is 7.86. The monoisotopic (exact) mass is 383 g/mol. The first kappa shape index (κ1) is 18.5. The second kappa shape index (κ2) is 7.66. The molecule has 0 spiro atoms. The van der Waals surface area contributed by atoms with Gasteiger partial charge >= 0.3 is 0 Å². The summed E-state index contributed by atoms with van der Waals surface area (Å²) in [5.41, 5.74) is 1.06. The van der Waals surface area contributed by atoms with Gasteiger partial charge in [0.2, 0.25) is 17.7 Å². The standard InChI is InChI=1S/C21H25N3O4/c1-28-16-6-4-5-15(13-16)22-9-11-23(12-10-22)19(25)14-24-20(26)17-7-2-3-8-18(17)21(24)27/h2-6,13,17-18H,7-12,14H2,1H3/t17-,18+. The van der Waals surface area contributed by atoms with E-state index in [4.69, 9.17) is 4.74 Å². The van der Waals surface area contributed by atoms with E-state index in [0.717, 1.165) is 11.4 Å². The molecular weight excluding hydrogens is 358 g/mol. The summed E-state index contributed by atoms with van der Waals surface area (Å²) in [5, 5.41) is 0. The molecule has 148 valence electrons. The number of methoxy groups -OCH3 is 1. The summed E-state index contributed by atoms with van der Waals surface area (Å²) in [6.45, 7) is 2.41. The third kappa shape index (κ3) is 3.37. The van der Waals surface area contributed by atoms with E-state index in [9.17, 15) is 14.4 Å². The average molecular weight is 383 g/mol. The minimum absolute atomic E-state index is 0.135. The molecule has 1 aromatic rings. The molecule has 0 radical (unpaired) electrons. The number of hydrogen-bond acceptors (Lipinski definition) is 5. The van der Waals surface area contributed by atoms with Crippen molar-refractivity contribution in [1.29, 1.82) is 0 Å². The summed E-state index contributed by atoms with van der Waals surface area (Å²) in [4.78, 5) is 42.9. The molecule has 2 atom stereocenters. The van der Waals surface area contributed by atoms with Crippen molar-refractivity contribution in [3.63, 3.8) is 0 Å². The lowest BCUT2D eigenvalue weighted by Crippen LogP contribution is -2.52. The topological polar surface area (TPSA) is 70.2 Å². The number of imide groups is 1. The number of amides is 3. The Hall–Kier alpha value is -2.83. The van der Waals surface area contributed by atoms with Gasteiger partial charge in [0.15, 0.2) is 0 Å². The number of nitrogens with zero attached hydrogens (tertiary/aromatic N) is 3. The van der Waals surface area contributed by atoms with Crippen molar-refractivity contribution in [3.8, 4) is 5.75 Å². The van der Waals surface area contributed by atoms with Crippen LogP contribution < -0.4 is 9.64 Å². The van der Waals surface area contributed by atoms with Crippen molar-refractivity contribution in [1.82, 2.24) is 9.80 Å². The highest BCUT2D eigenvalue weighted by Crippen LogP contribution is 2.35. The van der Waals surface area contributed by atoms with Crippen molar-refractivity contribution in [3.05, 3.63) is 36.4 Å². The van der Waals surface area contributed by atoms with E-state index in [1.165, 1.54) is 4.90 Å². The summed E-state index contributed by atoms with van der Waals surface area (Å²) in [7, 11) is 1.64. The van der Waals surface area contributed by atoms with Crippen molar-refractivity contribution in [2.24, 2.45) is 11.8 Å². The molecule has 0 saturated carbocycles. The van der Waals surface area contributed by atoms with E-state index < -0.39 is 0 Å². The van der Waals surface area contributed by atoms with Crippen LogP contribution in [0.5, 0.6) is 5.75 Å². The predicted molar refractivity (Wildman–Crippen MR) is 104 cm³/mol. The van der Waals surface area contributed by atoms with Gasteiger partial charge in [-0.05, 0) is 25.0 Å². The molecule has 3 aliphatic rings. The van der Waals surface area contributed by atoms with Gasteiger partial charge in [-0.25, -0.2) is 0 Å². The zero-order valence-corrected chi connectivity index (χ0v) is 16.0. The van der Waals surface area contributed by atoms with Crippen LogP contribution in [0.1, 0.15) is 12.8 Å². The Morgan fingerprint density at radius 1 is 1.04 bits per heavy atom. The van der Waals surface area contributed by atoms with Crippen LogP contribution in [-0.4, -0.2) is 67.4 Å². The molecule has 1 aliphatic carbocycles. The SMILES string of the molecule is COc1cccc(N2CCN(C(=O)CN3C(=O)[C@H]4CC=CC[C@H]4C3=O)CC2)c1. The Bertz CT molecular complexity index is 788.